The van der Waals surface area contributed by atoms with E-state index in [1.165, 1.54) is 0 Å². The van der Waals surface area contributed by atoms with Gasteiger partial charge in [0.25, 0.3) is 5.91 Å². The molecule has 0 saturated heterocycles. The van der Waals surface area contributed by atoms with Crippen LogP contribution >= 0.6 is 15.9 Å². The van der Waals surface area contributed by atoms with E-state index >= 15 is 0 Å². The Bertz CT molecular complexity index is 574. The van der Waals surface area contributed by atoms with Crippen LogP contribution in [0, 0.1) is 0 Å². The van der Waals surface area contributed by atoms with Gasteiger partial charge in [-0.1, -0.05) is 18.2 Å². The summed E-state index contributed by atoms with van der Waals surface area (Å²) in [6, 6.07) is 12.4. The number of para-hydroxylation sites is 1. The number of nitrogens with two attached hydrogens (primary N) is 1. The third-order valence-corrected chi connectivity index (χ3v) is 2.94. The molecule has 1 aromatic heterocycles. The predicted molar refractivity (Wildman–Crippen MR) is 74.1 cm³/mol. The van der Waals surface area contributed by atoms with Gasteiger partial charge in [0.15, 0.2) is 0 Å². The smallest absolute Gasteiger partial charge is 0.274 e. The van der Waals surface area contributed by atoms with E-state index in [1.54, 1.807) is 24.3 Å². The monoisotopic (exact) mass is 306 g/mol. The minimum atomic E-state index is -0.293. The van der Waals surface area contributed by atoms with Gasteiger partial charge in [0.1, 0.15) is 11.5 Å². The zero-order chi connectivity index (χ0) is 13.0. The highest BCUT2D eigenvalue weighted by atomic mass is 79.9. The van der Waals surface area contributed by atoms with E-state index in [0.717, 1.165) is 4.47 Å². The molecule has 1 amide bonds. The first-order valence-electron chi connectivity index (χ1n) is 5.20. The lowest BCUT2D eigenvalue weighted by Crippen LogP contribution is -2.16. The zero-order valence-electron chi connectivity index (χ0n) is 9.35. The zero-order valence-corrected chi connectivity index (χ0v) is 10.9. The van der Waals surface area contributed by atoms with Crippen molar-refractivity contribution < 1.29 is 4.79 Å². The van der Waals surface area contributed by atoms with Gasteiger partial charge < -0.3 is 10.7 Å². The van der Waals surface area contributed by atoms with Crippen LogP contribution in [0.2, 0.25) is 0 Å². The van der Waals surface area contributed by atoms with Gasteiger partial charge in [-0.3, -0.25) is 4.79 Å². The molecule has 0 aliphatic heterocycles. The fourth-order valence-corrected chi connectivity index (χ4v) is 1.77. The van der Waals surface area contributed by atoms with Crippen molar-refractivity contribution in [2.75, 3.05) is 10.7 Å². The number of aromatic nitrogens is 1. The molecule has 92 valence electrons. The summed E-state index contributed by atoms with van der Waals surface area (Å²) in [5, 5.41) is 2.76. The van der Waals surface area contributed by atoms with Crippen LogP contribution in [0.25, 0.3) is 0 Å². The summed E-state index contributed by atoms with van der Waals surface area (Å²) in [4.78, 5) is 16.0. The van der Waals surface area contributed by atoms with Crippen molar-refractivity contribution in [3.63, 3.8) is 0 Å². The van der Waals surface area contributed by atoms with Gasteiger partial charge in [-0.25, -0.2) is 10.8 Å². The Labute approximate surface area is 113 Å². The SMILES string of the molecule is NNc1cccc(C(=O)Nc2ccccc2Br)n1. The number of amides is 1. The number of pyridine rings is 1. The van der Waals surface area contributed by atoms with E-state index in [2.05, 4.69) is 31.7 Å². The van der Waals surface area contributed by atoms with E-state index in [1.807, 2.05) is 18.2 Å². The third-order valence-electron chi connectivity index (χ3n) is 2.25. The van der Waals surface area contributed by atoms with E-state index in [9.17, 15) is 4.79 Å². The molecule has 1 heterocycles. The minimum Gasteiger partial charge on any atom is -0.320 e. The molecule has 0 bridgehead atoms. The number of benzene rings is 1. The van der Waals surface area contributed by atoms with Crippen LogP contribution in [0.3, 0.4) is 0 Å². The Kier molecular flexibility index (Phi) is 3.91. The van der Waals surface area contributed by atoms with Crippen molar-refractivity contribution >= 4 is 33.3 Å². The van der Waals surface area contributed by atoms with Gasteiger partial charge in [-0.2, -0.15) is 0 Å². The average Bonchev–Trinajstić information content (AvgIpc) is 2.41. The second kappa shape index (κ2) is 5.61. The molecule has 0 aliphatic carbocycles. The van der Waals surface area contributed by atoms with Crippen LogP contribution in [0.5, 0.6) is 0 Å². The molecule has 2 rings (SSSR count). The van der Waals surface area contributed by atoms with Crippen LogP contribution in [0.1, 0.15) is 10.5 Å². The Morgan fingerprint density at radius 1 is 1.17 bits per heavy atom. The maximum Gasteiger partial charge on any atom is 0.274 e. The highest BCUT2D eigenvalue weighted by Gasteiger charge is 2.09. The molecule has 0 radical (unpaired) electrons. The number of nitrogens with zero attached hydrogens (tertiary/aromatic N) is 1. The van der Waals surface area contributed by atoms with E-state index in [4.69, 9.17) is 5.84 Å². The fourth-order valence-electron chi connectivity index (χ4n) is 1.39. The van der Waals surface area contributed by atoms with E-state index in [0.29, 0.717) is 17.2 Å². The van der Waals surface area contributed by atoms with Crippen molar-refractivity contribution in [2.45, 2.75) is 0 Å². The van der Waals surface area contributed by atoms with E-state index in [-0.39, 0.29) is 5.91 Å². The number of nitrogen functional groups attached to an aromatic ring is 1. The summed E-state index contributed by atoms with van der Waals surface area (Å²) in [6.07, 6.45) is 0. The van der Waals surface area contributed by atoms with Gasteiger partial charge in [-0.05, 0) is 40.2 Å². The first kappa shape index (κ1) is 12.5. The summed E-state index contributed by atoms with van der Waals surface area (Å²) in [5.74, 6) is 5.39. The summed E-state index contributed by atoms with van der Waals surface area (Å²) in [5.41, 5.74) is 3.38. The molecule has 0 fully saturated rings. The maximum absolute atomic E-state index is 12.0. The molecule has 0 spiro atoms. The molecule has 5 nitrogen and oxygen atoms in total. The lowest BCUT2D eigenvalue weighted by atomic mass is 10.3. The molecule has 0 unspecified atom stereocenters. The number of hydrogen-bond acceptors (Lipinski definition) is 4. The van der Waals surface area contributed by atoms with Gasteiger partial charge in [0.05, 0.1) is 5.69 Å². The maximum atomic E-state index is 12.0. The van der Waals surface area contributed by atoms with Gasteiger partial charge >= 0.3 is 0 Å². The Balaban J connectivity index is 2.19. The highest BCUT2D eigenvalue weighted by Crippen LogP contribution is 2.21. The number of nitrogens with one attached hydrogen (secondary N) is 2. The predicted octanol–water partition coefficient (Wildman–Crippen LogP) is 2.38. The first-order valence-corrected chi connectivity index (χ1v) is 5.99. The number of hydrogen-bond donors (Lipinski definition) is 3. The molecule has 4 N–H and O–H groups in total. The topological polar surface area (TPSA) is 80.0 Å². The van der Waals surface area contributed by atoms with Crippen molar-refractivity contribution in [3.05, 3.63) is 52.6 Å². The Morgan fingerprint density at radius 3 is 2.67 bits per heavy atom. The number of carbonyl (C=O) groups excluding carboxylic acids is 1. The first-order chi connectivity index (χ1) is 8.70. The fraction of sp³-hybridized carbons (Fsp3) is 0. The van der Waals surface area contributed by atoms with Crippen LogP contribution in [0.4, 0.5) is 11.5 Å². The molecule has 6 heteroatoms. The van der Waals surface area contributed by atoms with Gasteiger partial charge in [0.2, 0.25) is 0 Å². The summed E-state index contributed by atoms with van der Waals surface area (Å²) >= 11 is 3.36. The third kappa shape index (κ3) is 2.85. The highest BCUT2D eigenvalue weighted by molar-refractivity contribution is 9.10. The average molecular weight is 307 g/mol. The second-order valence-electron chi connectivity index (χ2n) is 3.49. The lowest BCUT2D eigenvalue weighted by molar-refractivity contribution is 0.102. The van der Waals surface area contributed by atoms with Crippen molar-refractivity contribution in [1.29, 1.82) is 0 Å². The summed E-state index contributed by atoms with van der Waals surface area (Å²) in [7, 11) is 0. The van der Waals surface area contributed by atoms with E-state index < -0.39 is 0 Å². The molecule has 18 heavy (non-hydrogen) atoms. The number of carbonyl (C=O) groups is 1. The lowest BCUT2D eigenvalue weighted by Gasteiger charge is -2.07. The second-order valence-corrected chi connectivity index (χ2v) is 4.34. The summed E-state index contributed by atoms with van der Waals surface area (Å²) in [6.45, 7) is 0. The molecule has 0 aliphatic rings. The normalized spacial score (nSPS) is 9.89. The number of hydrazine groups is 1. The van der Waals surface area contributed by atoms with Gasteiger partial charge in [-0.15, -0.1) is 0 Å². The largest absolute Gasteiger partial charge is 0.320 e. The number of rotatable bonds is 3. The summed E-state index contributed by atoms with van der Waals surface area (Å²) < 4.78 is 0.812. The standard InChI is InChI=1S/C12H11BrN4O/c13-8-4-1-2-5-9(8)16-12(18)10-6-3-7-11(15-10)17-14/h1-7H,14H2,(H,15,17)(H,16,18). The Hall–Kier alpha value is -1.92. The molecular formula is C12H11BrN4O. The van der Waals surface area contributed by atoms with Crippen molar-refractivity contribution in [1.82, 2.24) is 4.98 Å². The van der Waals surface area contributed by atoms with Crippen LogP contribution < -0.4 is 16.6 Å². The van der Waals surface area contributed by atoms with Crippen molar-refractivity contribution in [2.24, 2.45) is 5.84 Å². The molecule has 0 saturated carbocycles. The van der Waals surface area contributed by atoms with Crippen LogP contribution in [-0.4, -0.2) is 10.9 Å². The molecule has 2 aromatic rings. The number of anilines is 2. The van der Waals surface area contributed by atoms with Crippen molar-refractivity contribution in [3.8, 4) is 0 Å². The Morgan fingerprint density at radius 2 is 1.94 bits per heavy atom. The molecular weight excluding hydrogens is 296 g/mol. The van der Waals surface area contributed by atoms with Crippen LogP contribution in [0.15, 0.2) is 46.9 Å². The van der Waals surface area contributed by atoms with Crippen LogP contribution in [-0.2, 0) is 0 Å². The minimum absolute atomic E-state index is 0.293. The number of halogens is 1. The molecule has 0 atom stereocenters. The molecule has 1 aromatic carbocycles. The quantitative estimate of drug-likeness (QED) is 0.601. The van der Waals surface area contributed by atoms with Gasteiger partial charge in [0, 0.05) is 4.47 Å².